The number of sulfone groups is 1. The maximum Gasteiger partial charge on any atom is 0.233 e. The molecule has 0 aliphatic rings. The second kappa shape index (κ2) is 13.3. The first kappa shape index (κ1) is 27.6. The molecule has 6 nitrogen and oxygen atoms in total. The van der Waals surface area contributed by atoms with Crippen LogP contribution in [0.2, 0.25) is 0 Å². The molecule has 33 heavy (non-hydrogen) atoms. The van der Waals surface area contributed by atoms with Gasteiger partial charge < -0.3 is 14.4 Å². The third-order valence-electron chi connectivity index (χ3n) is 5.41. The number of carbonyl (C=O) groups excluding carboxylic acids is 1. The molecular weight excluding hydrogens is 474 g/mol. The number of quaternary nitrogens is 1. The quantitative estimate of drug-likeness (QED) is 0.254. The summed E-state index contributed by atoms with van der Waals surface area (Å²) in [7, 11) is 1.26. The van der Waals surface area contributed by atoms with Gasteiger partial charge >= 0.3 is 0 Å². The first-order valence-electron chi connectivity index (χ1n) is 11.2. The predicted octanol–water partition coefficient (Wildman–Crippen LogP) is 3.37. The molecule has 1 unspecified atom stereocenters. The van der Waals surface area contributed by atoms with Gasteiger partial charge in [-0.1, -0.05) is 54.3 Å². The average Bonchev–Trinajstić information content (AvgIpc) is 3.28. The molecule has 1 aromatic carbocycles. The molecule has 0 radical (unpaired) electrons. The Morgan fingerprint density at radius 1 is 1.09 bits per heavy atom. The SMILES string of the molecule is C[N+](C)(CCCNC(=O)C(CCc1ccccc1)SC(=S)n1cccc1)CCCS(C)(=O)=O. The Morgan fingerprint density at radius 2 is 1.73 bits per heavy atom. The van der Waals surface area contributed by atoms with Gasteiger partial charge in [-0.3, -0.25) is 4.79 Å². The van der Waals surface area contributed by atoms with Gasteiger partial charge in [0.05, 0.1) is 38.2 Å². The summed E-state index contributed by atoms with van der Waals surface area (Å²) in [6, 6.07) is 14.0. The predicted molar refractivity (Wildman–Crippen MR) is 142 cm³/mol. The van der Waals surface area contributed by atoms with Crippen LogP contribution in [0.4, 0.5) is 0 Å². The number of benzene rings is 1. The van der Waals surface area contributed by atoms with E-state index in [0.717, 1.165) is 30.4 Å². The number of rotatable bonds is 13. The van der Waals surface area contributed by atoms with Gasteiger partial charge in [0.1, 0.15) is 14.2 Å². The van der Waals surface area contributed by atoms with Crippen molar-refractivity contribution in [2.75, 3.05) is 45.7 Å². The van der Waals surface area contributed by atoms with Crippen LogP contribution in [0, 0.1) is 0 Å². The topological polar surface area (TPSA) is 68.2 Å². The number of aromatic nitrogens is 1. The van der Waals surface area contributed by atoms with Crippen molar-refractivity contribution in [1.82, 2.24) is 9.88 Å². The summed E-state index contributed by atoms with van der Waals surface area (Å²) in [5.41, 5.74) is 1.20. The van der Waals surface area contributed by atoms with Gasteiger partial charge in [0.15, 0.2) is 0 Å². The lowest BCUT2D eigenvalue weighted by atomic mass is 10.1. The van der Waals surface area contributed by atoms with Crippen LogP contribution in [-0.4, -0.2) is 78.7 Å². The normalized spacial score (nSPS) is 12.9. The van der Waals surface area contributed by atoms with Gasteiger partial charge in [-0.2, -0.15) is 0 Å². The zero-order valence-electron chi connectivity index (χ0n) is 19.8. The van der Waals surface area contributed by atoms with Crippen LogP contribution in [0.1, 0.15) is 24.8 Å². The summed E-state index contributed by atoms with van der Waals surface area (Å²) in [5.74, 6) is 0.223. The highest BCUT2D eigenvalue weighted by Crippen LogP contribution is 2.21. The van der Waals surface area contributed by atoms with Crippen LogP contribution in [0.25, 0.3) is 0 Å². The van der Waals surface area contributed by atoms with Crippen molar-refractivity contribution in [3.63, 3.8) is 0 Å². The number of nitrogens with one attached hydrogen (secondary N) is 1. The number of nitrogens with zero attached hydrogens (tertiary/aromatic N) is 2. The molecule has 0 saturated carbocycles. The Bertz CT molecular complexity index is 975. The Balaban J connectivity index is 1.85. The van der Waals surface area contributed by atoms with E-state index in [0.29, 0.717) is 23.7 Å². The van der Waals surface area contributed by atoms with E-state index in [9.17, 15) is 13.2 Å². The lowest BCUT2D eigenvalue weighted by molar-refractivity contribution is -0.890. The molecule has 1 heterocycles. The standard InChI is InChI=1S/C24H35N3O3S3/c1-27(2,19-10-20-33(3,29)30)18-9-15-25-23(28)22(14-13-21-11-5-4-6-12-21)32-24(31)26-16-7-8-17-26/h4-8,11-12,16-17,22H,9-10,13-15,18-20H2,1-3H3/p+1. The summed E-state index contributed by atoms with van der Waals surface area (Å²) in [6.07, 6.45) is 8.05. The van der Waals surface area contributed by atoms with E-state index in [4.69, 9.17) is 12.2 Å². The Morgan fingerprint density at radius 3 is 2.36 bits per heavy atom. The lowest BCUT2D eigenvalue weighted by Crippen LogP contribution is -2.43. The number of hydrogen-bond acceptors (Lipinski definition) is 5. The third kappa shape index (κ3) is 11.3. The number of aryl methyl sites for hydroxylation is 1. The monoisotopic (exact) mass is 510 g/mol. The fraction of sp³-hybridized carbons (Fsp3) is 0.500. The largest absolute Gasteiger partial charge is 0.355 e. The number of amides is 1. The number of carbonyl (C=O) groups is 1. The zero-order chi connectivity index (χ0) is 24.3. The molecule has 0 aliphatic heterocycles. The molecule has 0 fully saturated rings. The van der Waals surface area contributed by atoms with Gasteiger partial charge in [0, 0.05) is 38.0 Å². The second-order valence-electron chi connectivity index (χ2n) is 9.00. The molecule has 1 aromatic heterocycles. The second-order valence-corrected chi connectivity index (χ2v) is 13.1. The van der Waals surface area contributed by atoms with Crippen molar-refractivity contribution in [1.29, 1.82) is 0 Å². The number of thiocarbonyl (C=S) groups is 1. The van der Waals surface area contributed by atoms with E-state index >= 15 is 0 Å². The molecule has 1 amide bonds. The molecule has 1 N–H and O–H groups in total. The van der Waals surface area contributed by atoms with Crippen LogP contribution in [0.15, 0.2) is 54.9 Å². The van der Waals surface area contributed by atoms with E-state index in [2.05, 4.69) is 31.5 Å². The van der Waals surface area contributed by atoms with Crippen LogP contribution >= 0.6 is 24.0 Å². The maximum atomic E-state index is 13.0. The van der Waals surface area contributed by atoms with Gasteiger partial charge in [-0.15, -0.1) is 0 Å². The fourth-order valence-corrected chi connectivity index (χ4v) is 5.56. The number of hydrogen-bond donors (Lipinski definition) is 1. The average molecular weight is 511 g/mol. The molecule has 2 rings (SSSR count). The van der Waals surface area contributed by atoms with E-state index in [1.165, 1.54) is 23.6 Å². The van der Waals surface area contributed by atoms with Crippen LogP contribution in [0.3, 0.4) is 0 Å². The number of thioether (sulfide) groups is 1. The molecule has 9 heteroatoms. The molecule has 1 atom stereocenters. The maximum absolute atomic E-state index is 13.0. The third-order valence-corrected chi connectivity index (χ3v) is 8.08. The van der Waals surface area contributed by atoms with Crippen molar-refractivity contribution in [2.45, 2.75) is 30.9 Å². The smallest absolute Gasteiger partial charge is 0.233 e. The minimum Gasteiger partial charge on any atom is -0.355 e. The van der Waals surface area contributed by atoms with Gasteiger partial charge in [-0.05, 0) is 30.5 Å². The molecule has 0 bridgehead atoms. The first-order chi connectivity index (χ1) is 15.6. The van der Waals surface area contributed by atoms with Crippen LogP contribution in [-0.2, 0) is 21.1 Å². The van der Waals surface area contributed by atoms with Crippen molar-refractivity contribution < 1.29 is 17.7 Å². The van der Waals surface area contributed by atoms with Crippen LogP contribution in [0.5, 0.6) is 0 Å². The summed E-state index contributed by atoms with van der Waals surface area (Å²) < 4.78 is 25.9. The van der Waals surface area contributed by atoms with E-state index in [-0.39, 0.29) is 16.9 Å². The molecule has 182 valence electrons. The van der Waals surface area contributed by atoms with Gasteiger partial charge in [0.25, 0.3) is 0 Å². The van der Waals surface area contributed by atoms with Crippen LogP contribution < -0.4 is 5.32 Å². The fourth-order valence-electron chi connectivity index (χ4n) is 3.52. The molecular formula is C24H36N3O3S3+. The Kier molecular flexibility index (Phi) is 11.1. The summed E-state index contributed by atoms with van der Waals surface area (Å²) >= 11 is 6.98. The van der Waals surface area contributed by atoms with Crippen molar-refractivity contribution in [3.8, 4) is 0 Å². The van der Waals surface area contributed by atoms with Crippen molar-refractivity contribution in [3.05, 3.63) is 60.4 Å². The zero-order valence-corrected chi connectivity index (χ0v) is 22.2. The highest BCUT2D eigenvalue weighted by molar-refractivity contribution is 8.23. The van der Waals surface area contributed by atoms with Gasteiger partial charge in [-0.25, -0.2) is 8.42 Å². The summed E-state index contributed by atoms with van der Waals surface area (Å²) in [6.45, 7) is 2.25. The van der Waals surface area contributed by atoms with E-state index in [1.54, 1.807) is 0 Å². The van der Waals surface area contributed by atoms with Gasteiger partial charge in [0.2, 0.25) is 5.91 Å². The summed E-state index contributed by atoms with van der Waals surface area (Å²) in [5, 5.41) is 2.82. The van der Waals surface area contributed by atoms with E-state index in [1.807, 2.05) is 47.3 Å². The molecule has 0 aliphatic carbocycles. The molecule has 0 saturated heterocycles. The Hall–Kier alpha value is -1.68. The highest BCUT2D eigenvalue weighted by atomic mass is 32.2. The van der Waals surface area contributed by atoms with Crippen molar-refractivity contribution in [2.24, 2.45) is 0 Å². The van der Waals surface area contributed by atoms with Crippen molar-refractivity contribution >= 4 is 44.0 Å². The highest BCUT2D eigenvalue weighted by Gasteiger charge is 2.22. The minimum absolute atomic E-state index is 0.00724. The van der Waals surface area contributed by atoms with E-state index < -0.39 is 9.84 Å². The first-order valence-corrected chi connectivity index (χ1v) is 14.6. The Labute approximate surface area is 208 Å². The minimum atomic E-state index is -2.93. The molecule has 2 aromatic rings. The lowest BCUT2D eigenvalue weighted by Gasteiger charge is -2.30. The molecule has 0 spiro atoms. The summed E-state index contributed by atoms with van der Waals surface area (Å²) in [4.78, 5) is 13.0.